The lowest BCUT2D eigenvalue weighted by molar-refractivity contribution is -0.136. The van der Waals surface area contributed by atoms with Gasteiger partial charge < -0.3 is 14.8 Å². The zero-order valence-electron chi connectivity index (χ0n) is 8.98. The van der Waals surface area contributed by atoms with Crippen molar-refractivity contribution in [3.8, 4) is 0 Å². The van der Waals surface area contributed by atoms with Crippen molar-refractivity contribution in [3.63, 3.8) is 0 Å². The summed E-state index contributed by atoms with van der Waals surface area (Å²) in [6, 6.07) is 2.92. The number of nitrogens with zero attached hydrogens (tertiary/aromatic N) is 1. The second-order valence-electron chi connectivity index (χ2n) is 3.46. The first-order valence-corrected chi connectivity index (χ1v) is 4.93. The lowest BCUT2D eigenvalue weighted by atomic mass is 10.3. The quantitative estimate of drug-likeness (QED) is 0.875. The van der Waals surface area contributed by atoms with Crippen molar-refractivity contribution in [3.05, 3.63) is 41.8 Å². The molecule has 0 bridgehead atoms. The second-order valence-corrected chi connectivity index (χ2v) is 3.46. The number of nitrogens with one attached hydrogen (secondary N) is 1. The predicted molar refractivity (Wildman–Crippen MR) is 57.5 cm³/mol. The minimum absolute atomic E-state index is 0.0138. The van der Waals surface area contributed by atoms with Gasteiger partial charge in [-0.15, -0.1) is 0 Å². The molecule has 2 N–H and O–H groups in total. The molecular formula is C11H8F2N2O3. The van der Waals surface area contributed by atoms with E-state index in [4.69, 9.17) is 9.52 Å². The average molecular weight is 254 g/mol. The number of hydrogen-bond donors (Lipinski definition) is 2. The second kappa shape index (κ2) is 4.82. The molecule has 94 valence electrons. The van der Waals surface area contributed by atoms with Crippen molar-refractivity contribution in [1.82, 2.24) is 4.98 Å². The molecule has 0 saturated heterocycles. The number of carboxylic acid groups (broad SMARTS) is 1. The molecule has 0 aliphatic carbocycles. The van der Waals surface area contributed by atoms with Crippen LogP contribution in [0.1, 0.15) is 5.69 Å². The molecule has 0 amide bonds. The van der Waals surface area contributed by atoms with E-state index in [-0.39, 0.29) is 23.8 Å². The summed E-state index contributed by atoms with van der Waals surface area (Å²) >= 11 is 0. The SMILES string of the molecule is O=C(O)Cc1coc(Nc2ccc(F)cc2F)n1. The van der Waals surface area contributed by atoms with Crippen molar-refractivity contribution >= 4 is 17.7 Å². The van der Waals surface area contributed by atoms with E-state index in [1.807, 2.05) is 0 Å². The summed E-state index contributed by atoms with van der Waals surface area (Å²) in [7, 11) is 0. The van der Waals surface area contributed by atoms with Crippen LogP contribution in [0.4, 0.5) is 20.5 Å². The van der Waals surface area contributed by atoms with Gasteiger partial charge in [0.15, 0.2) is 0 Å². The first kappa shape index (κ1) is 12.0. The van der Waals surface area contributed by atoms with Crippen LogP contribution in [0.5, 0.6) is 0 Å². The van der Waals surface area contributed by atoms with Crippen molar-refractivity contribution < 1.29 is 23.1 Å². The third kappa shape index (κ3) is 2.82. The lowest BCUT2D eigenvalue weighted by Gasteiger charge is -2.02. The predicted octanol–water partition coefficient (Wildman–Crippen LogP) is 2.32. The van der Waals surface area contributed by atoms with Crippen LogP contribution >= 0.6 is 0 Å². The van der Waals surface area contributed by atoms with Gasteiger partial charge in [-0.3, -0.25) is 4.79 Å². The van der Waals surface area contributed by atoms with Crippen LogP contribution in [0, 0.1) is 11.6 Å². The van der Waals surface area contributed by atoms with E-state index in [2.05, 4.69) is 10.3 Å². The maximum absolute atomic E-state index is 13.3. The van der Waals surface area contributed by atoms with E-state index in [1.165, 1.54) is 6.07 Å². The largest absolute Gasteiger partial charge is 0.481 e. The van der Waals surface area contributed by atoms with Crippen molar-refractivity contribution in [2.24, 2.45) is 0 Å². The van der Waals surface area contributed by atoms with E-state index < -0.39 is 17.6 Å². The molecule has 18 heavy (non-hydrogen) atoms. The number of oxazole rings is 1. The Morgan fingerprint density at radius 3 is 2.89 bits per heavy atom. The molecule has 7 heteroatoms. The molecule has 1 heterocycles. The monoisotopic (exact) mass is 254 g/mol. The first-order valence-electron chi connectivity index (χ1n) is 4.93. The smallest absolute Gasteiger partial charge is 0.309 e. The minimum atomic E-state index is -1.05. The molecule has 5 nitrogen and oxygen atoms in total. The number of carbonyl (C=O) groups is 1. The zero-order chi connectivity index (χ0) is 13.1. The molecule has 2 rings (SSSR count). The van der Waals surface area contributed by atoms with Gasteiger partial charge in [0.25, 0.3) is 6.01 Å². The number of halogens is 2. The van der Waals surface area contributed by atoms with Crippen LogP contribution in [0.3, 0.4) is 0 Å². The molecule has 0 radical (unpaired) electrons. The van der Waals surface area contributed by atoms with E-state index in [0.717, 1.165) is 12.3 Å². The van der Waals surface area contributed by atoms with Gasteiger partial charge in [-0.1, -0.05) is 0 Å². The highest BCUT2D eigenvalue weighted by molar-refractivity contribution is 5.69. The van der Waals surface area contributed by atoms with Crippen molar-refractivity contribution in [2.75, 3.05) is 5.32 Å². The molecule has 0 fully saturated rings. The molecule has 0 aliphatic rings. The zero-order valence-corrected chi connectivity index (χ0v) is 8.98. The van der Waals surface area contributed by atoms with Gasteiger partial charge in [0.2, 0.25) is 0 Å². The molecule has 0 atom stereocenters. The molecule has 1 aromatic heterocycles. The van der Waals surface area contributed by atoms with Crippen molar-refractivity contribution in [2.45, 2.75) is 6.42 Å². The highest BCUT2D eigenvalue weighted by Crippen LogP contribution is 2.20. The Morgan fingerprint density at radius 2 is 2.22 bits per heavy atom. The third-order valence-corrected chi connectivity index (χ3v) is 2.06. The van der Waals surface area contributed by atoms with E-state index >= 15 is 0 Å². The van der Waals surface area contributed by atoms with Crippen LogP contribution in [0.25, 0.3) is 0 Å². The highest BCUT2D eigenvalue weighted by Gasteiger charge is 2.10. The Hall–Kier alpha value is -2.44. The van der Waals surface area contributed by atoms with Gasteiger partial charge in [0.05, 0.1) is 17.8 Å². The highest BCUT2D eigenvalue weighted by atomic mass is 19.1. The van der Waals surface area contributed by atoms with E-state index in [1.54, 1.807) is 0 Å². The minimum Gasteiger partial charge on any atom is -0.481 e. The number of hydrogen-bond acceptors (Lipinski definition) is 4. The fourth-order valence-electron chi connectivity index (χ4n) is 1.31. The molecule has 0 aliphatic heterocycles. The molecule has 1 aromatic carbocycles. The summed E-state index contributed by atoms with van der Waals surface area (Å²) in [5.74, 6) is -2.55. The summed E-state index contributed by atoms with van der Waals surface area (Å²) in [6.45, 7) is 0. The van der Waals surface area contributed by atoms with Crippen LogP contribution in [-0.2, 0) is 11.2 Å². The van der Waals surface area contributed by atoms with Gasteiger partial charge >= 0.3 is 5.97 Å². The number of rotatable bonds is 4. The molecule has 0 unspecified atom stereocenters. The van der Waals surface area contributed by atoms with Crippen molar-refractivity contribution in [1.29, 1.82) is 0 Å². The molecule has 0 saturated carbocycles. The van der Waals surface area contributed by atoms with E-state index in [0.29, 0.717) is 6.07 Å². The van der Waals surface area contributed by atoms with Gasteiger partial charge in [0, 0.05) is 6.07 Å². The maximum atomic E-state index is 13.3. The number of aliphatic carboxylic acids is 1. The number of aromatic nitrogens is 1. The first-order chi connectivity index (χ1) is 8.54. The van der Waals surface area contributed by atoms with Gasteiger partial charge in [-0.25, -0.2) is 8.78 Å². The topological polar surface area (TPSA) is 75.4 Å². The van der Waals surface area contributed by atoms with Crippen LogP contribution in [0.2, 0.25) is 0 Å². The molecule has 0 spiro atoms. The normalized spacial score (nSPS) is 10.3. The fourth-order valence-corrected chi connectivity index (χ4v) is 1.31. The summed E-state index contributed by atoms with van der Waals surface area (Å²) in [5, 5.41) is 11.0. The van der Waals surface area contributed by atoms with E-state index in [9.17, 15) is 13.6 Å². The average Bonchev–Trinajstić information content (AvgIpc) is 2.69. The number of benzene rings is 1. The summed E-state index contributed by atoms with van der Waals surface area (Å²) in [6.07, 6.45) is 0.856. The molecule has 2 aromatic rings. The number of anilines is 2. The van der Waals surface area contributed by atoms with Crippen LogP contribution < -0.4 is 5.32 Å². The Labute approximate surface area is 100 Å². The Bertz CT molecular complexity index is 583. The third-order valence-electron chi connectivity index (χ3n) is 2.06. The summed E-state index contributed by atoms with van der Waals surface area (Å²) < 4.78 is 30.9. The lowest BCUT2D eigenvalue weighted by Crippen LogP contribution is -2.00. The summed E-state index contributed by atoms with van der Waals surface area (Å²) in [5.41, 5.74) is 0.188. The Kier molecular flexibility index (Phi) is 3.22. The maximum Gasteiger partial charge on any atom is 0.309 e. The standard InChI is InChI=1S/C11H8F2N2O3/c12-6-1-2-9(8(13)3-6)15-11-14-7(5-18-11)4-10(16)17/h1-3,5H,4H2,(H,14,15)(H,16,17). The Balaban J connectivity index is 2.13. The summed E-state index contributed by atoms with van der Waals surface area (Å²) in [4.78, 5) is 14.2. The van der Waals surface area contributed by atoms with Gasteiger partial charge in [-0.2, -0.15) is 4.98 Å². The Morgan fingerprint density at radius 1 is 1.44 bits per heavy atom. The van der Waals surface area contributed by atoms with Crippen LogP contribution in [0.15, 0.2) is 28.9 Å². The van der Waals surface area contributed by atoms with Gasteiger partial charge in [0.1, 0.15) is 17.9 Å². The molecular weight excluding hydrogens is 246 g/mol. The fraction of sp³-hybridized carbons (Fsp3) is 0.0909. The number of carboxylic acids is 1. The van der Waals surface area contributed by atoms with Gasteiger partial charge in [-0.05, 0) is 12.1 Å². The van der Waals surface area contributed by atoms with Crippen LogP contribution in [-0.4, -0.2) is 16.1 Å².